The van der Waals surface area contributed by atoms with E-state index in [1.165, 1.54) is 0 Å². The van der Waals surface area contributed by atoms with E-state index in [0.717, 1.165) is 32.4 Å². The molecule has 1 aliphatic rings. The molecule has 1 atom stereocenters. The lowest BCUT2D eigenvalue weighted by Gasteiger charge is -2.32. The number of amides is 1. The molecule has 2 rings (SSSR count). The number of benzene rings is 1. The third-order valence-electron chi connectivity index (χ3n) is 3.46. The van der Waals surface area contributed by atoms with Gasteiger partial charge >= 0.3 is 0 Å². The average molecular weight is 312 g/mol. The molecule has 0 N–H and O–H groups in total. The Balaban J connectivity index is 1.78. The zero-order valence-electron chi connectivity index (χ0n) is 12.4. The minimum absolute atomic E-state index is 0.00903. The summed E-state index contributed by atoms with van der Waals surface area (Å²) < 4.78 is 11.2. The van der Waals surface area contributed by atoms with Crippen LogP contribution < -0.4 is 4.74 Å². The Kier molecular flexibility index (Phi) is 6.33. The second-order valence-corrected chi connectivity index (χ2v) is 5.65. The first-order chi connectivity index (χ1) is 10.2. The van der Waals surface area contributed by atoms with Crippen molar-refractivity contribution in [1.29, 1.82) is 0 Å². The normalized spacial score (nSPS) is 18.6. The predicted octanol–water partition coefficient (Wildman–Crippen LogP) is 3.14. The number of carbonyl (C=O) groups is 1. The summed E-state index contributed by atoms with van der Waals surface area (Å²) in [5.41, 5.74) is 0. The molecule has 0 bridgehead atoms. The van der Waals surface area contributed by atoms with E-state index >= 15 is 0 Å². The highest BCUT2D eigenvalue weighted by Gasteiger charge is 2.24. The van der Waals surface area contributed by atoms with E-state index in [1.54, 1.807) is 24.3 Å². The van der Waals surface area contributed by atoms with Gasteiger partial charge in [0.1, 0.15) is 5.75 Å². The minimum atomic E-state index is 0.00903. The maximum absolute atomic E-state index is 12.2. The lowest BCUT2D eigenvalue weighted by Crippen LogP contribution is -2.45. The summed E-state index contributed by atoms with van der Waals surface area (Å²) in [5.74, 6) is 0.665. The lowest BCUT2D eigenvalue weighted by atomic mass is 10.1. The summed E-state index contributed by atoms with van der Waals surface area (Å²) in [4.78, 5) is 14.0. The molecule has 1 fully saturated rings. The minimum Gasteiger partial charge on any atom is -0.484 e. The van der Waals surface area contributed by atoms with Crippen molar-refractivity contribution < 1.29 is 14.3 Å². The van der Waals surface area contributed by atoms with Crippen LogP contribution in [0.2, 0.25) is 5.02 Å². The van der Waals surface area contributed by atoms with Gasteiger partial charge in [0.05, 0.1) is 6.10 Å². The van der Waals surface area contributed by atoms with Gasteiger partial charge in [-0.1, -0.05) is 18.5 Å². The molecule has 0 saturated carbocycles. The molecule has 1 amide bonds. The molecule has 0 radical (unpaired) electrons. The maximum Gasteiger partial charge on any atom is 0.260 e. The molecule has 0 aliphatic carbocycles. The van der Waals surface area contributed by atoms with Gasteiger partial charge in [0.2, 0.25) is 0 Å². The molecule has 1 heterocycles. The van der Waals surface area contributed by atoms with Crippen molar-refractivity contribution in [3.05, 3.63) is 29.3 Å². The standard InChI is InChI=1S/C16H22ClNO3/c1-2-10-20-15-4-3-9-18(11-15)16(19)12-21-14-7-5-13(17)6-8-14/h5-8,15H,2-4,9-12H2,1H3. The Morgan fingerprint density at radius 3 is 2.86 bits per heavy atom. The number of piperidine rings is 1. The highest BCUT2D eigenvalue weighted by Crippen LogP contribution is 2.17. The van der Waals surface area contributed by atoms with Gasteiger partial charge in [0.25, 0.3) is 5.91 Å². The highest BCUT2D eigenvalue weighted by atomic mass is 35.5. The fourth-order valence-corrected chi connectivity index (χ4v) is 2.48. The molecule has 116 valence electrons. The summed E-state index contributed by atoms with van der Waals surface area (Å²) in [6, 6.07) is 7.02. The summed E-state index contributed by atoms with van der Waals surface area (Å²) in [6.45, 7) is 4.36. The van der Waals surface area contributed by atoms with Crippen LogP contribution in [0.25, 0.3) is 0 Å². The summed E-state index contributed by atoms with van der Waals surface area (Å²) in [7, 11) is 0. The second kappa shape index (κ2) is 8.25. The molecule has 1 unspecified atom stereocenters. The van der Waals surface area contributed by atoms with Crippen molar-refractivity contribution in [2.24, 2.45) is 0 Å². The Labute approximate surface area is 131 Å². The number of hydrogen-bond acceptors (Lipinski definition) is 3. The Bertz CT molecular complexity index is 449. The van der Waals surface area contributed by atoms with E-state index in [2.05, 4.69) is 6.92 Å². The first-order valence-electron chi connectivity index (χ1n) is 7.46. The van der Waals surface area contributed by atoms with Crippen molar-refractivity contribution >= 4 is 17.5 Å². The smallest absolute Gasteiger partial charge is 0.260 e. The van der Waals surface area contributed by atoms with Gasteiger partial charge in [-0.3, -0.25) is 4.79 Å². The van der Waals surface area contributed by atoms with Crippen molar-refractivity contribution in [1.82, 2.24) is 4.90 Å². The number of carbonyl (C=O) groups excluding carboxylic acids is 1. The Hall–Kier alpha value is -1.26. The first-order valence-corrected chi connectivity index (χ1v) is 7.84. The predicted molar refractivity (Wildman–Crippen MR) is 82.8 cm³/mol. The van der Waals surface area contributed by atoms with Gasteiger partial charge < -0.3 is 14.4 Å². The van der Waals surface area contributed by atoms with Crippen LogP contribution >= 0.6 is 11.6 Å². The molecular weight excluding hydrogens is 290 g/mol. The molecule has 1 aromatic rings. The van der Waals surface area contributed by atoms with Gasteiger partial charge in [-0.2, -0.15) is 0 Å². The van der Waals surface area contributed by atoms with E-state index in [1.807, 2.05) is 4.90 Å². The number of halogens is 1. The molecule has 1 saturated heterocycles. The molecule has 5 heteroatoms. The van der Waals surface area contributed by atoms with Crippen LogP contribution in [0.4, 0.5) is 0 Å². The Morgan fingerprint density at radius 2 is 2.14 bits per heavy atom. The SMILES string of the molecule is CCCOC1CCCN(C(=O)COc2ccc(Cl)cc2)C1. The molecule has 21 heavy (non-hydrogen) atoms. The van der Waals surface area contributed by atoms with Crippen LogP contribution in [0.3, 0.4) is 0 Å². The van der Waals surface area contributed by atoms with Gasteiger partial charge in [-0.15, -0.1) is 0 Å². The van der Waals surface area contributed by atoms with Crippen LogP contribution in [0, 0.1) is 0 Å². The monoisotopic (exact) mass is 311 g/mol. The molecule has 0 aromatic heterocycles. The largest absolute Gasteiger partial charge is 0.484 e. The third-order valence-corrected chi connectivity index (χ3v) is 3.72. The lowest BCUT2D eigenvalue weighted by molar-refractivity contribution is -0.137. The summed E-state index contributed by atoms with van der Waals surface area (Å²) in [6.07, 6.45) is 3.19. The highest BCUT2D eigenvalue weighted by molar-refractivity contribution is 6.30. The zero-order chi connectivity index (χ0) is 15.1. The van der Waals surface area contributed by atoms with E-state index in [0.29, 0.717) is 17.3 Å². The van der Waals surface area contributed by atoms with Crippen molar-refractivity contribution in [3.8, 4) is 5.75 Å². The topological polar surface area (TPSA) is 38.8 Å². The second-order valence-electron chi connectivity index (χ2n) is 5.22. The van der Waals surface area contributed by atoms with Gasteiger partial charge in [-0.25, -0.2) is 0 Å². The molecule has 4 nitrogen and oxygen atoms in total. The van der Waals surface area contributed by atoms with E-state index in [9.17, 15) is 4.79 Å². The number of nitrogens with zero attached hydrogens (tertiary/aromatic N) is 1. The number of likely N-dealkylation sites (tertiary alicyclic amines) is 1. The number of ether oxygens (including phenoxy) is 2. The van der Waals surface area contributed by atoms with Gasteiger partial charge in [0.15, 0.2) is 6.61 Å². The fraction of sp³-hybridized carbons (Fsp3) is 0.562. The number of hydrogen-bond donors (Lipinski definition) is 0. The van der Waals surface area contributed by atoms with Crippen LogP contribution in [-0.4, -0.2) is 43.2 Å². The van der Waals surface area contributed by atoms with Gasteiger partial charge in [0, 0.05) is 24.7 Å². The molecule has 1 aliphatic heterocycles. The molecular formula is C16H22ClNO3. The molecule has 1 aromatic carbocycles. The van der Waals surface area contributed by atoms with E-state index in [-0.39, 0.29) is 18.6 Å². The Morgan fingerprint density at radius 1 is 1.38 bits per heavy atom. The zero-order valence-corrected chi connectivity index (χ0v) is 13.1. The summed E-state index contributed by atoms with van der Waals surface area (Å²) in [5, 5.41) is 0.653. The van der Waals surface area contributed by atoms with Crippen LogP contribution in [0.15, 0.2) is 24.3 Å². The van der Waals surface area contributed by atoms with Crippen molar-refractivity contribution in [2.45, 2.75) is 32.3 Å². The van der Waals surface area contributed by atoms with E-state index in [4.69, 9.17) is 21.1 Å². The number of rotatable bonds is 6. The van der Waals surface area contributed by atoms with Crippen molar-refractivity contribution in [3.63, 3.8) is 0 Å². The molecule has 0 spiro atoms. The van der Waals surface area contributed by atoms with Gasteiger partial charge in [-0.05, 0) is 43.5 Å². The van der Waals surface area contributed by atoms with Crippen LogP contribution in [0.5, 0.6) is 5.75 Å². The third kappa shape index (κ3) is 5.21. The summed E-state index contributed by atoms with van der Waals surface area (Å²) >= 11 is 5.81. The van der Waals surface area contributed by atoms with Crippen LogP contribution in [0.1, 0.15) is 26.2 Å². The quantitative estimate of drug-likeness (QED) is 0.810. The average Bonchev–Trinajstić information content (AvgIpc) is 2.52. The maximum atomic E-state index is 12.2. The van der Waals surface area contributed by atoms with Crippen molar-refractivity contribution in [2.75, 3.05) is 26.3 Å². The van der Waals surface area contributed by atoms with E-state index < -0.39 is 0 Å². The fourth-order valence-electron chi connectivity index (χ4n) is 2.35. The first kappa shape index (κ1) is 16.1. The van der Waals surface area contributed by atoms with Crippen LogP contribution in [-0.2, 0) is 9.53 Å².